The number of carbonyl (C=O) groups excluding carboxylic acids is 1. The maximum Gasteiger partial charge on any atom is 0.409 e. The van der Waals surface area contributed by atoms with Crippen molar-refractivity contribution in [2.24, 2.45) is 0 Å². The Hall–Kier alpha value is -1.56. The summed E-state index contributed by atoms with van der Waals surface area (Å²) >= 11 is 0. The molecule has 2 fully saturated rings. The van der Waals surface area contributed by atoms with Gasteiger partial charge in [0.15, 0.2) is 0 Å². The van der Waals surface area contributed by atoms with E-state index in [0.717, 1.165) is 39.0 Å². The van der Waals surface area contributed by atoms with Crippen LogP contribution in [0.5, 0.6) is 0 Å². The van der Waals surface area contributed by atoms with E-state index in [-0.39, 0.29) is 6.09 Å². The lowest BCUT2D eigenvalue weighted by molar-refractivity contribution is 0.112. The van der Waals surface area contributed by atoms with Gasteiger partial charge in [0, 0.05) is 38.4 Å². The maximum atomic E-state index is 11.7. The minimum Gasteiger partial charge on any atom is -0.453 e. The molecule has 0 radical (unpaired) electrons. The first-order valence-corrected chi connectivity index (χ1v) is 8.75. The van der Waals surface area contributed by atoms with Crippen LogP contribution in [-0.4, -0.2) is 65.0 Å². The van der Waals surface area contributed by atoms with Crippen LogP contribution in [0, 0.1) is 6.92 Å². The number of hydrogen-bond donors (Lipinski definition) is 0. The van der Waals surface area contributed by atoms with Crippen molar-refractivity contribution in [2.45, 2.75) is 51.1 Å². The molecule has 0 aliphatic carbocycles. The molecule has 0 saturated carbocycles. The van der Waals surface area contributed by atoms with Crippen LogP contribution in [0.2, 0.25) is 0 Å². The van der Waals surface area contributed by atoms with Gasteiger partial charge in [0.1, 0.15) is 0 Å². The standard InChI is InChI=1S/C17H28N4O2/c1-14-12-18-21(13-14)16-6-9-19(10-7-16)15-4-3-8-20(11-5-15)17(22)23-2/h12-13,15-16H,3-11H2,1-2H3. The fourth-order valence-electron chi connectivity index (χ4n) is 3.90. The van der Waals surface area contributed by atoms with Crippen molar-refractivity contribution in [1.82, 2.24) is 19.6 Å². The van der Waals surface area contributed by atoms with Crippen molar-refractivity contribution in [3.8, 4) is 0 Å². The molecule has 3 rings (SSSR count). The fraction of sp³-hybridized carbons (Fsp3) is 0.765. The van der Waals surface area contributed by atoms with Gasteiger partial charge in [-0.25, -0.2) is 4.79 Å². The van der Waals surface area contributed by atoms with E-state index in [4.69, 9.17) is 4.74 Å². The number of carbonyl (C=O) groups is 1. The second-order valence-electron chi connectivity index (χ2n) is 6.81. The minimum absolute atomic E-state index is 0.182. The first-order valence-electron chi connectivity index (χ1n) is 8.75. The highest BCUT2D eigenvalue weighted by molar-refractivity contribution is 5.67. The molecule has 1 amide bonds. The summed E-state index contributed by atoms with van der Waals surface area (Å²) in [4.78, 5) is 16.2. The molecule has 0 bridgehead atoms. The molecule has 2 aliphatic heterocycles. The number of nitrogens with zero attached hydrogens (tertiary/aromatic N) is 4. The van der Waals surface area contributed by atoms with E-state index in [1.807, 2.05) is 11.1 Å². The Balaban J connectivity index is 1.50. The van der Waals surface area contributed by atoms with Gasteiger partial charge in [0.25, 0.3) is 0 Å². The van der Waals surface area contributed by atoms with Gasteiger partial charge in [-0.2, -0.15) is 5.10 Å². The van der Waals surface area contributed by atoms with Crippen molar-refractivity contribution in [3.05, 3.63) is 18.0 Å². The Bertz CT molecular complexity index is 522. The van der Waals surface area contributed by atoms with Crippen LogP contribution in [0.4, 0.5) is 4.79 Å². The first-order chi connectivity index (χ1) is 11.2. The molecule has 1 aromatic heterocycles. The Morgan fingerprint density at radius 3 is 2.52 bits per heavy atom. The lowest BCUT2D eigenvalue weighted by atomic mass is 10.00. The molecule has 128 valence electrons. The molecule has 1 aromatic rings. The van der Waals surface area contributed by atoms with Crippen molar-refractivity contribution >= 4 is 6.09 Å². The molecule has 6 nitrogen and oxygen atoms in total. The third kappa shape index (κ3) is 3.86. The molecule has 0 aromatic carbocycles. The molecule has 3 heterocycles. The predicted molar refractivity (Wildman–Crippen MR) is 88.4 cm³/mol. The number of aromatic nitrogens is 2. The third-order valence-electron chi connectivity index (χ3n) is 5.25. The van der Waals surface area contributed by atoms with Crippen LogP contribution in [-0.2, 0) is 4.74 Å². The number of amides is 1. The summed E-state index contributed by atoms with van der Waals surface area (Å²) in [5, 5.41) is 4.47. The SMILES string of the molecule is COC(=O)N1CCCC(N2CCC(n3cc(C)cn3)CC2)CC1. The molecule has 23 heavy (non-hydrogen) atoms. The summed E-state index contributed by atoms with van der Waals surface area (Å²) in [6, 6.07) is 1.14. The zero-order valence-electron chi connectivity index (χ0n) is 14.3. The molecule has 0 spiro atoms. The Morgan fingerprint density at radius 2 is 1.87 bits per heavy atom. The number of rotatable bonds is 2. The van der Waals surface area contributed by atoms with E-state index < -0.39 is 0 Å². The van der Waals surface area contributed by atoms with E-state index >= 15 is 0 Å². The third-order valence-corrected chi connectivity index (χ3v) is 5.25. The number of likely N-dealkylation sites (tertiary alicyclic amines) is 2. The van der Waals surface area contributed by atoms with Gasteiger partial charge in [0.2, 0.25) is 0 Å². The van der Waals surface area contributed by atoms with Crippen LogP contribution in [0.15, 0.2) is 12.4 Å². The largest absolute Gasteiger partial charge is 0.453 e. The number of aryl methyl sites for hydroxylation is 1. The average Bonchev–Trinajstić information content (AvgIpc) is 2.87. The maximum absolute atomic E-state index is 11.7. The molecular formula is C17H28N4O2. The van der Waals surface area contributed by atoms with Crippen LogP contribution in [0.25, 0.3) is 0 Å². The van der Waals surface area contributed by atoms with Gasteiger partial charge < -0.3 is 14.5 Å². The number of piperidine rings is 1. The highest BCUT2D eigenvalue weighted by Gasteiger charge is 2.28. The fourth-order valence-corrected chi connectivity index (χ4v) is 3.90. The Kier molecular flexibility index (Phi) is 5.20. The highest BCUT2D eigenvalue weighted by Crippen LogP contribution is 2.26. The van der Waals surface area contributed by atoms with Crippen LogP contribution < -0.4 is 0 Å². The van der Waals surface area contributed by atoms with Crippen LogP contribution in [0.1, 0.15) is 43.7 Å². The quantitative estimate of drug-likeness (QED) is 0.840. The van der Waals surface area contributed by atoms with E-state index in [1.165, 1.54) is 31.9 Å². The van der Waals surface area contributed by atoms with Gasteiger partial charge in [-0.05, 0) is 44.6 Å². The van der Waals surface area contributed by atoms with Gasteiger partial charge in [0.05, 0.1) is 19.3 Å². The first kappa shape index (κ1) is 16.3. The van der Waals surface area contributed by atoms with Crippen molar-refractivity contribution < 1.29 is 9.53 Å². The van der Waals surface area contributed by atoms with Crippen molar-refractivity contribution in [2.75, 3.05) is 33.3 Å². The lowest BCUT2D eigenvalue weighted by Gasteiger charge is -2.37. The second-order valence-corrected chi connectivity index (χ2v) is 6.81. The minimum atomic E-state index is -0.182. The van der Waals surface area contributed by atoms with Gasteiger partial charge in [-0.1, -0.05) is 0 Å². The molecule has 6 heteroatoms. The number of methoxy groups -OCH3 is 1. The predicted octanol–water partition coefficient (Wildman–Crippen LogP) is 2.45. The summed E-state index contributed by atoms with van der Waals surface area (Å²) in [6.07, 6.45) is 9.55. The summed E-state index contributed by atoms with van der Waals surface area (Å²) in [6.45, 7) is 6.00. The Morgan fingerprint density at radius 1 is 1.13 bits per heavy atom. The van der Waals surface area contributed by atoms with Crippen molar-refractivity contribution in [1.29, 1.82) is 0 Å². The molecule has 1 unspecified atom stereocenters. The molecule has 2 aliphatic rings. The molecular weight excluding hydrogens is 292 g/mol. The number of ether oxygens (including phenoxy) is 1. The van der Waals surface area contributed by atoms with Gasteiger partial charge in [-0.3, -0.25) is 4.68 Å². The van der Waals surface area contributed by atoms with E-state index in [2.05, 4.69) is 27.8 Å². The van der Waals surface area contributed by atoms with Gasteiger partial charge >= 0.3 is 6.09 Å². The van der Waals surface area contributed by atoms with Crippen LogP contribution in [0.3, 0.4) is 0 Å². The normalized spacial score (nSPS) is 24.4. The monoisotopic (exact) mass is 320 g/mol. The Labute approximate surface area is 138 Å². The van der Waals surface area contributed by atoms with E-state index in [1.54, 1.807) is 0 Å². The highest BCUT2D eigenvalue weighted by atomic mass is 16.5. The second kappa shape index (κ2) is 7.34. The lowest BCUT2D eigenvalue weighted by Crippen LogP contribution is -2.42. The summed E-state index contributed by atoms with van der Waals surface area (Å²) < 4.78 is 6.99. The van der Waals surface area contributed by atoms with E-state index in [9.17, 15) is 4.79 Å². The number of hydrogen-bond acceptors (Lipinski definition) is 4. The average molecular weight is 320 g/mol. The summed E-state index contributed by atoms with van der Waals surface area (Å²) in [5.41, 5.74) is 1.24. The molecule has 2 saturated heterocycles. The summed E-state index contributed by atoms with van der Waals surface area (Å²) in [7, 11) is 1.46. The smallest absolute Gasteiger partial charge is 0.409 e. The molecule has 0 N–H and O–H groups in total. The van der Waals surface area contributed by atoms with Crippen molar-refractivity contribution in [3.63, 3.8) is 0 Å². The van der Waals surface area contributed by atoms with Crippen LogP contribution >= 0.6 is 0 Å². The zero-order chi connectivity index (χ0) is 16.2. The summed E-state index contributed by atoms with van der Waals surface area (Å²) in [5.74, 6) is 0. The van der Waals surface area contributed by atoms with Gasteiger partial charge in [-0.15, -0.1) is 0 Å². The molecule has 1 atom stereocenters. The topological polar surface area (TPSA) is 50.6 Å². The van der Waals surface area contributed by atoms with E-state index in [0.29, 0.717) is 12.1 Å². The zero-order valence-corrected chi connectivity index (χ0v) is 14.3.